The van der Waals surface area contributed by atoms with Gasteiger partial charge in [-0.3, -0.25) is 0 Å². The number of nitrogens with one attached hydrogen (secondary N) is 2. The Labute approximate surface area is 191 Å². The molecule has 2 aliphatic rings. The smallest absolute Gasteiger partial charge is 0.226 e. The molecule has 2 heterocycles. The van der Waals surface area contributed by atoms with Crippen molar-refractivity contribution in [3.05, 3.63) is 29.4 Å². The zero-order chi connectivity index (χ0) is 22.0. The quantitative estimate of drug-likeness (QED) is 0.428. The molecule has 0 saturated heterocycles. The van der Waals surface area contributed by atoms with Crippen LogP contribution in [0, 0.1) is 17.3 Å². The number of rotatable bonds is 6. The van der Waals surface area contributed by atoms with Gasteiger partial charge in [-0.2, -0.15) is 4.98 Å². The van der Waals surface area contributed by atoms with Gasteiger partial charge in [0.2, 0.25) is 5.95 Å². The first-order valence-electron chi connectivity index (χ1n) is 10.9. The van der Waals surface area contributed by atoms with Crippen LogP contribution in [-0.4, -0.2) is 38.2 Å². The highest BCUT2D eigenvalue weighted by Crippen LogP contribution is 2.68. The lowest BCUT2D eigenvalue weighted by molar-refractivity contribution is 0.172. The molecule has 2 fully saturated rings. The van der Waals surface area contributed by atoms with E-state index < -0.39 is 0 Å². The second-order valence-corrected chi connectivity index (χ2v) is 11.0. The Bertz CT molecular complexity index is 1120. The summed E-state index contributed by atoms with van der Waals surface area (Å²) >= 11 is 8.32. The number of para-hydroxylation sites is 1. The second kappa shape index (κ2) is 7.29. The van der Waals surface area contributed by atoms with Crippen molar-refractivity contribution in [1.82, 2.24) is 15.0 Å². The number of nitrogens with zero attached hydrogens (tertiary/aromatic N) is 3. The van der Waals surface area contributed by atoms with E-state index in [9.17, 15) is 5.11 Å². The van der Waals surface area contributed by atoms with Crippen molar-refractivity contribution in [3.8, 4) is 10.6 Å². The molecule has 0 spiro atoms. The normalized spacial score (nSPS) is 29.4. The molecule has 2 aromatic heterocycles. The molecule has 164 valence electrons. The summed E-state index contributed by atoms with van der Waals surface area (Å²) in [6.07, 6.45) is 1.70. The van der Waals surface area contributed by atoms with Crippen molar-refractivity contribution in [1.29, 1.82) is 0 Å². The standard InChI is InChI=1S/C23H28ClN5OS/c1-12(2)11-25-21-27-18(24)16(20-26-14-7-5-6-8-15(14)31-20)19(28-21)29-22(3)10-9-13-17(30)23(13,22)4/h5-8,12-13,17,30H,9-11H2,1-4H3,(H2,25,27,28,29). The molecular formula is C23H28ClN5OS. The molecule has 4 unspecified atom stereocenters. The average Bonchev–Trinajstić information content (AvgIpc) is 3.02. The molecule has 8 heteroatoms. The van der Waals surface area contributed by atoms with Crippen LogP contribution in [0.2, 0.25) is 5.15 Å². The molecule has 0 aliphatic heterocycles. The number of thiazole rings is 1. The molecule has 1 aromatic carbocycles. The molecule has 4 atom stereocenters. The number of aliphatic hydroxyl groups is 1. The summed E-state index contributed by atoms with van der Waals surface area (Å²) in [5.74, 6) is 1.97. The molecule has 0 radical (unpaired) electrons. The molecule has 2 aliphatic carbocycles. The highest BCUT2D eigenvalue weighted by Gasteiger charge is 2.73. The SMILES string of the molecule is CC(C)CNc1nc(Cl)c(-c2nc3ccccc3s2)c(NC2(C)CCC3C(O)C32C)n1. The van der Waals surface area contributed by atoms with Crippen LogP contribution >= 0.6 is 22.9 Å². The van der Waals surface area contributed by atoms with Gasteiger partial charge in [-0.05, 0) is 43.7 Å². The molecule has 6 nitrogen and oxygen atoms in total. The number of benzene rings is 1. The Kier molecular flexibility index (Phi) is 4.92. The number of hydrogen-bond acceptors (Lipinski definition) is 7. The zero-order valence-electron chi connectivity index (χ0n) is 18.2. The van der Waals surface area contributed by atoms with E-state index in [2.05, 4.69) is 49.4 Å². The topological polar surface area (TPSA) is 83.0 Å². The number of aromatic nitrogens is 3. The number of hydrogen-bond donors (Lipinski definition) is 3. The first-order valence-corrected chi connectivity index (χ1v) is 12.1. The monoisotopic (exact) mass is 457 g/mol. The molecule has 3 aromatic rings. The van der Waals surface area contributed by atoms with Gasteiger partial charge in [-0.15, -0.1) is 11.3 Å². The maximum Gasteiger partial charge on any atom is 0.226 e. The maximum atomic E-state index is 10.5. The summed E-state index contributed by atoms with van der Waals surface area (Å²) in [4.78, 5) is 14.2. The summed E-state index contributed by atoms with van der Waals surface area (Å²) in [5, 5.41) is 18.7. The number of anilines is 2. The number of halogens is 1. The van der Waals surface area contributed by atoms with Crippen LogP contribution in [0.15, 0.2) is 24.3 Å². The summed E-state index contributed by atoms with van der Waals surface area (Å²) < 4.78 is 1.10. The Morgan fingerprint density at radius 3 is 2.68 bits per heavy atom. The van der Waals surface area contributed by atoms with Crippen LogP contribution in [0.25, 0.3) is 20.8 Å². The first kappa shape index (κ1) is 20.9. The fraction of sp³-hybridized carbons (Fsp3) is 0.522. The summed E-state index contributed by atoms with van der Waals surface area (Å²) in [5.41, 5.74) is 1.21. The van der Waals surface area contributed by atoms with Crippen molar-refractivity contribution in [3.63, 3.8) is 0 Å². The van der Waals surface area contributed by atoms with E-state index in [1.165, 1.54) is 0 Å². The highest BCUT2D eigenvalue weighted by atomic mass is 35.5. The van der Waals surface area contributed by atoms with Crippen molar-refractivity contribution in [2.45, 2.75) is 52.2 Å². The van der Waals surface area contributed by atoms with Crippen LogP contribution in [0.5, 0.6) is 0 Å². The van der Waals surface area contributed by atoms with Gasteiger partial charge in [0.05, 0.1) is 21.9 Å². The van der Waals surface area contributed by atoms with Crippen LogP contribution in [-0.2, 0) is 0 Å². The third kappa shape index (κ3) is 3.29. The Hall–Kier alpha value is -1.96. The number of fused-ring (bicyclic) bond motifs is 2. The third-order valence-corrected chi connectivity index (χ3v) is 8.56. The van der Waals surface area contributed by atoms with Gasteiger partial charge in [0.15, 0.2) is 0 Å². The van der Waals surface area contributed by atoms with E-state index in [-0.39, 0.29) is 17.1 Å². The van der Waals surface area contributed by atoms with Crippen molar-refractivity contribution in [2.75, 3.05) is 17.2 Å². The Balaban J connectivity index is 1.59. The molecule has 5 rings (SSSR count). The molecule has 2 saturated carbocycles. The Morgan fingerprint density at radius 2 is 2.00 bits per heavy atom. The summed E-state index contributed by atoms with van der Waals surface area (Å²) in [6, 6.07) is 8.05. The lowest BCUT2D eigenvalue weighted by atomic mass is 9.84. The van der Waals surface area contributed by atoms with E-state index in [0.29, 0.717) is 28.8 Å². The first-order chi connectivity index (χ1) is 14.7. The summed E-state index contributed by atoms with van der Waals surface area (Å²) in [7, 11) is 0. The number of aliphatic hydroxyl groups excluding tert-OH is 1. The molecule has 0 amide bonds. The lowest BCUT2D eigenvalue weighted by Crippen LogP contribution is -2.43. The fourth-order valence-electron chi connectivity index (χ4n) is 5.01. The van der Waals surface area contributed by atoms with Crippen LogP contribution in [0.1, 0.15) is 40.5 Å². The van der Waals surface area contributed by atoms with Crippen molar-refractivity contribution in [2.24, 2.45) is 17.3 Å². The molecule has 31 heavy (non-hydrogen) atoms. The predicted octanol–water partition coefficient (Wildman–Crippen LogP) is 5.44. The Morgan fingerprint density at radius 1 is 1.23 bits per heavy atom. The second-order valence-electron chi connectivity index (χ2n) is 9.65. The molecule has 3 N–H and O–H groups in total. The average molecular weight is 458 g/mol. The van der Waals surface area contributed by atoms with Gasteiger partial charge in [0.1, 0.15) is 16.0 Å². The van der Waals surface area contributed by atoms with Gasteiger partial charge >= 0.3 is 0 Å². The van der Waals surface area contributed by atoms with Crippen LogP contribution in [0.4, 0.5) is 11.8 Å². The third-order valence-electron chi connectivity index (χ3n) is 7.24. The minimum Gasteiger partial charge on any atom is -0.392 e. The van der Waals surface area contributed by atoms with Gasteiger partial charge in [-0.25, -0.2) is 9.97 Å². The van der Waals surface area contributed by atoms with E-state index in [0.717, 1.165) is 40.2 Å². The van der Waals surface area contributed by atoms with Crippen molar-refractivity contribution >= 4 is 44.9 Å². The summed E-state index contributed by atoms with van der Waals surface area (Å²) in [6.45, 7) is 9.38. The van der Waals surface area contributed by atoms with Crippen molar-refractivity contribution < 1.29 is 5.11 Å². The highest BCUT2D eigenvalue weighted by molar-refractivity contribution is 7.21. The largest absolute Gasteiger partial charge is 0.392 e. The maximum absolute atomic E-state index is 10.5. The van der Waals surface area contributed by atoms with Gasteiger partial charge < -0.3 is 15.7 Å². The molecular weight excluding hydrogens is 430 g/mol. The predicted molar refractivity (Wildman–Crippen MR) is 128 cm³/mol. The van der Waals surface area contributed by atoms with E-state index in [1.54, 1.807) is 11.3 Å². The van der Waals surface area contributed by atoms with E-state index in [4.69, 9.17) is 21.6 Å². The van der Waals surface area contributed by atoms with Crippen LogP contribution < -0.4 is 10.6 Å². The van der Waals surface area contributed by atoms with Gasteiger partial charge in [-0.1, -0.05) is 44.5 Å². The van der Waals surface area contributed by atoms with Crippen LogP contribution in [0.3, 0.4) is 0 Å². The lowest BCUT2D eigenvalue weighted by Gasteiger charge is -2.35. The fourth-order valence-corrected chi connectivity index (χ4v) is 6.34. The van der Waals surface area contributed by atoms with Gasteiger partial charge in [0, 0.05) is 17.5 Å². The van der Waals surface area contributed by atoms with Gasteiger partial charge in [0.25, 0.3) is 0 Å². The minimum atomic E-state index is -0.282. The zero-order valence-corrected chi connectivity index (χ0v) is 19.8. The molecule has 0 bridgehead atoms. The minimum absolute atomic E-state index is 0.166. The van der Waals surface area contributed by atoms with E-state index in [1.807, 2.05) is 18.2 Å². The van der Waals surface area contributed by atoms with E-state index >= 15 is 0 Å².